The molecule has 2 nitrogen and oxygen atoms in total. The van der Waals surface area contributed by atoms with Gasteiger partial charge in [0.05, 0.1) is 0 Å². The minimum atomic E-state index is -1.05. The summed E-state index contributed by atoms with van der Waals surface area (Å²) >= 11 is 0. The summed E-state index contributed by atoms with van der Waals surface area (Å²) in [5.41, 5.74) is 0.429. The number of likely N-dealkylation sites (tertiary alicyclic amines) is 1. The van der Waals surface area contributed by atoms with Crippen molar-refractivity contribution in [3.63, 3.8) is 0 Å². The summed E-state index contributed by atoms with van der Waals surface area (Å²) in [6.45, 7) is 1.72. The first-order valence-electron chi connectivity index (χ1n) is 5.29. The minimum Gasteiger partial charge on any atom is -0.508 e. The molecule has 82 valence electrons. The van der Waals surface area contributed by atoms with Crippen molar-refractivity contribution in [2.75, 3.05) is 20.1 Å². The molecule has 3 heteroatoms. The molecule has 1 N–H and O–H groups in total. The monoisotopic (exact) mass is 209 g/mol. The Hall–Kier alpha value is -1.09. The van der Waals surface area contributed by atoms with Crippen LogP contribution in [0.25, 0.3) is 0 Å². The number of rotatable bonds is 2. The largest absolute Gasteiger partial charge is 0.508 e. The summed E-state index contributed by atoms with van der Waals surface area (Å²) in [4.78, 5) is 2.12. The minimum absolute atomic E-state index is 0.0169. The molecule has 0 bridgehead atoms. The first-order chi connectivity index (χ1) is 7.18. The predicted octanol–water partition coefficient (Wildman–Crippen LogP) is 2.35. The molecule has 2 rings (SSSR count). The molecular formula is C12H16FNO. The molecule has 1 fully saturated rings. The van der Waals surface area contributed by atoms with E-state index in [1.54, 1.807) is 24.3 Å². The Kier molecular flexibility index (Phi) is 2.91. The van der Waals surface area contributed by atoms with Gasteiger partial charge in [0.15, 0.2) is 0 Å². The molecule has 1 saturated heterocycles. The topological polar surface area (TPSA) is 23.5 Å². The van der Waals surface area contributed by atoms with Crippen LogP contribution in [0.15, 0.2) is 24.3 Å². The van der Waals surface area contributed by atoms with Gasteiger partial charge in [0.1, 0.15) is 11.9 Å². The standard InChI is InChI=1S/C12H16FNO/c1-14-7-6-9(8-14)12(13)10-4-2-3-5-11(10)15/h2-5,9,12,15H,6-8H2,1H3. The summed E-state index contributed by atoms with van der Waals surface area (Å²) in [7, 11) is 2.00. The highest BCUT2D eigenvalue weighted by Crippen LogP contribution is 2.36. The molecule has 15 heavy (non-hydrogen) atoms. The van der Waals surface area contributed by atoms with E-state index >= 15 is 0 Å². The van der Waals surface area contributed by atoms with Crippen LogP contribution in [0.2, 0.25) is 0 Å². The van der Waals surface area contributed by atoms with E-state index in [0.29, 0.717) is 5.56 Å². The summed E-state index contributed by atoms with van der Waals surface area (Å²) in [5.74, 6) is 0.0860. The lowest BCUT2D eigenvalue weighted by atomic mass is 9.96. The van der Waals surface area contributed by atoms with Crippen LogP contribution in [-0.2, 0) is 0 Å². The number of hydrogen-bond donors (Lipinski definition) is 1. The Bertz CT molecular complexity index is 342. The maximum atomic E-state index is 14.1. The molecule has 1 aliphatic rings. The van der Waals surface area contributed by atoms with E-state index in [2.05, 4.69) is 4.90 Å². The highest BCUT2D eigenvalue weighted by molar-refractivity contribution is 5.34. The zero-order valence-electron chi connectivity index (χ0n) is 8.86. The lowest BCUT2D eigenvalue weighted by Crippen LogP contribution is -2.16. The number of phenolic OH excluding ortho intramolecular Hbond substituents is 1. The molecule has 0 spiro atoms. The molecule has 0 radical (unpaired) electrons. The van der Waals surface area contributed by atoms with E-state index in [4.69, 9.17) is 0 Å². The van der Waals surface area contributed by atoms with Crippen LogP contribution in [0.3, 0.4) is 0 Å². The van der Waals surface area contributed by atoms with Crippen molar-refractivity contribution < 1.29 is 9.50 Å². The van der Waals surface area contributed by atoms with Gasteiger partial charge in [-0.1, -0.05) is 18.2 Å². The zero-order chi connectivity index (χ0) is 10.8. The van der Waals surface area contributed by atoms with Crippen molar-refractivity contribution in [1.29, 1.82) is 0 Å². The third kappa shape index (κ3) is 2.12. The van der Waals surface area contributed by atoms with Crippen LogP contribution >= 0.6 is 0 Å². The summed E-state index contributed by atoms with van der Waals surface area (Å²) in [6.07, 6.45) is -0.178. The van der Waals surface area contributed by atoms with Crippen molar-refractivity contribution in [2.24, 2.45) is 5.92 Å². The molecule has 0 amide bonds. The van der Waals surface area contributed by atoms with Gasteiger partial charge >= 0.3 is 0 Å². The molecule has 0 saturated carbocycles. The SMILES string of the molecule is CN1CCC(C(F)c2ccccc2O)C1. The normalized spacial score (nSPS) is 24.3. The van der Waals surface area contributed by atoms with Crippen LogP contribution in [0.5, 0.6) is 5.75 Å². The Morgan fingerprint density at radius 1 is 1.47 bits per heavy atom. The van der Waals surface area contributed by atoms with Gasteiger partial charge in [-0.2, -0.15) is 0 Å². The van der Waals surface area contributed by atoms with E-state index < -0.39 is 6.17 Å². The molecule has 0 aliphatic carbocycles. The third-order valence-corrected chi connectivity index (χ3v) is 3.08. The lowest BCUT2D eigenvalue weighted by Gasteiger charge is -2.16. The quantitative estimate of drug-likeness (QED) is 0.808. The van der Waals surface area contributed by atoms with Crippen molar-refractivity contribution in [2.45, 2.75) is 12.6 Å². The van der Waals surface area contributed by atoms with E-state index in [0.717, 1.165) is 19.5 Å². The maximum Gasteiger partial charge on any atom is 0.133 e. The predicted molar refractivity (Wildman–Crippen MR) is 57.6 cm³/mol. The number of para-hydroxylation sites is 1. The van der Waals surface area contributed by atoms with Gasteiger partial charge in [0.25, 0.3) is 0 Å². The number of alkyl halides is 1. The summed E-state index contributed by atoms with van der Waals surface area (Å²) in [6, 6.07) is 6.69. The fraction of sp³-hybridized carbons (Fsp3) is 0.500. The van der Waals surface area contributed by atoms with E-state index in [-0.39, 0.29) is 11.7 Å². The zero-order valence-corrected chi connectivity index (χ0v) is 8.86. The van der Waals surface area contributed by atoms with Crippen LogP contribution < -0.4 is 0 Å². The van der Waals surface area contributed by atoms with Crippen LogP contribution in [0, 0.1) is 5.92 Å². The Balaban J connectivity index is 2.14. The summed E-state index contributed by atoms with van der Waals surface area (Å²) < 4.78 is 14.1. The van der Waals surface area contributed by atoms with Gasteiger partial charge < -0.3 is 10.0 Å². The molecule has 1 aromatic carbocycles. The van der Waals surface area contributed by atoms with Crippen molar-refractivity contribution in [3.05, 3.63) is 29.8 Å². The number of halogens is 1. The van der Waals surface area contributed by atoms with Crippen molar-refractivity contribution in [1.82, 2.24) is 4.90 Å². The van der Waals surface area contributed by atoms with E-state index in [1.807, 2.05) is 7.05 Å². The molecule has 1 aromatic rings. The van der Waals surface area contributed by atoms with Gasteiger partial charge in [-0.15, -0.1) is 0 Å². The van der Waals surface area contributed by atoms with Crippen LogP contribution in [0.1, 0.15) is 18.2 Å². The smallest absolute Gasteiger partial charge is 0.133 e. The fourth-order valence-corrected chi connectivity index (χ4v) is 2.18. The van der Waals surface area contributed by atoms with Gasteiger partial charge in [-0.05, 0) is 26.1 Å². The lowest BCUT2D eigenvalue weighted by molar-refractivity contribution is 0.227. The molecule has 2 atom stereocenters. The number of benzene rings is 1. The number of phenols is 1. The molecule has 2 unspecified atom stereocenters. The molecule has 0 aromatic heterocycles. The highest BCUT2D eigenvalue weighted by Gasteiger charge is 2.30. The molecule has 1 heterocycles. The van der Waals surface area contributed by atoms with Gasteiger partial charge in [0, 0.05) is 18.0 Å². The van der Waals surface area contributed by atoms with Gasteiger partial charge in [-0.25, -0.2) is 4.39 Å². The van der Waals surface area contributed by atoms with E-state index in [9.17, 15) is 9.50 Å². The second-order valence-electron chi connectivity index (χ2n) is 4.27. The van der Waals surface area contributed by atoms with Crippen LogP contribution in [0.4, 0.5) is 4.39 Å². The average molecular weight is 209 g/mol. The first kappa shape index (κ1) is 10.4. The fourth-order valence-electron chi connectivity index (χ4n) is 2.18. The molecule has 1 aliphatic heterocycles. The van der Waals surface area contributed by atoms with Crippen molar-refractivity contribution >= 4 is 0 Å². The van der Waals surface area contributed by atoms with Gasteiger partial charge in [-0.3, -0.25) is 0 Å². The van der Waals surface area contributed by atoms with Crippen LogP contribution in [-0.4, -0.2) is 30.1 Å². The number of hydrogen-bond acceptors (Lipinski definition) is 2. The average Bonchev–Trinajstić information content (AvgIpc) is 2.65. The number of nitrogens with zero attached hydrogens (tertiary/aromatic N) is 1. The third-order valence-electron chi connectivity index (χ3n) is 3.08. The number of aromatic hydroxyl groups is 1. The second-order valence-corrected chi connectivity index (χ2v) is 4.27. The summed E-state index contributed by atoms with van der Waals surface area (Å²) in [5, 5.41) is 9.55. The van der Waals surface area contributed by atoms with E-state index in [1.165, 1.54) is 0 Å². The maximum absolute atomic E-state index is 14.1. The Morgan fingerprint density at radius 3 is 2.80 bits per heavy atom. The molecular weight excluding hydrogens is 193 g/mol. The van der Waals surface area contributed by atoms with Gasteiger partial charge in [0.2, 0.25) is 0 Å². The first-order valence-corrected chi connectivity index (χ1v) is 5.29. The Morgan fingerprint density at radius 2 is 2.20 bits per heavy atom. The Labute approximate surface area is 89.3 Å². The highest BCUT2D eigenvalue weighted by atomic mass is 19.1. The second kappa shape index (κ2) is 4.19. The van der Waals surface area contributed by atoms with Crippen molar-refractivity contribution in [3.8, 4) is 5.75 Å².